The second kappa shape index (κ2) is 12.9. The van der Waals surface area contributed by atoms with Gasteiger partial charge in [-0.1, -0.05) is 26.0 Å². The number of benzene rings is 1. The molecule has 198 valence electrons. The molecule has 0 unspecified atom stereocenters. The van der Waals surface area contributed by atoms with Crippen LogP contribution in [0.25, 0.3) is 0 Å². The molecule has 0 aromatic heterocycles. The molecule has 2 N–H and O–H groups in total. The van der Waals surface area contributed by atoms with Gasteiger partial charge in [-0.25, -0.2) is 13.6 Å². The fourth-order valence-electron chi connectivity index (χ4n) is 3.91. The van der Waals surface area contributed by atoms with Crippen LogP contribution in [-0.2, 0) is 40.0 Å². The predicted molar refractivity (Wildman–Crippen MR) is 122 cm³/mol. The van der Waals surface area contributed by atoms with E-state index in [1.807, 2.05) is 0 Å². The minimum absolute atomic E-state index is 0.00505. The summed E-state index contributed by atoms with van der Waals surface area (Å²) in [6.45, 7) is 3.16. The highest BCUT2D eigenvalue weighted by Gasteiger charge is 2.35. The summed E-state index contributed by atoms with van der Waals surface area (Å²) in [6, 6.07) is 0.738. The van der Waals surface area contributed by atoms with Crippen LogP contribution in [0.2, 0.25) is 0 Å². The van der Waals surface area contributed by atoms with Gasteiger partial charge in [-0.2, -0.15) is 0 Å². The van der Waals surface area contributed by atoms with E-state index in [9.17, 15) is 32.8 Å². The monoisotopic (exact) mass is 511 g/mol. The molecule has 0 radical (unpaired) electrons. The number of halogens is 2. The molecule has 3 atom stereocenters. The largest absolute Gasteiger partial charge is 0.469 e. The van der Waals surface area contributed by atoms with Crippen molar-refractivity contribution in [3.05, 3.63) is 35.4 Å². The molecule has 0 aliphatic carbocycles. The van der Waals surface area contributed by atoms with Crippen molar-refractivity contribution in [3.63, 3.8) is 0 Å². The van der Waals surface area contributed by atoms with Crippen LogP contribution in [0.15, 0.2) is 18.2 Å². The highest BCUT2D eigenvalue weighted by molar-refractivity contribution is 5.92. The van der Waals surface area contributed by atoms with E-state index in [0.717, 1.165) is 20.3 Å². The number of nitrogens with zero attached hydrogens (tertiary/aromatic N) is 1. The fraction of sp³-hybridized carbons (Fsp3) is 0.542. The minimum atomic E-state index is -1.31. The highest BCUT2D eigenvalue weighted by Crippen LogP contribution is 2.25. The first-order valence-corrected chi connectivity index (χ1v) is 11.4. The highest BCUT2D eigenvalue weighted by atomic mass is 19.2. The van der Waals surface area contributed by atoms with E-state index in [0.29, 0.717) is 6.42 Å². The van der Waals surface area contributed by atoms with Crippen molar-refractivity contribution < 1.29 is 42.2 Å². The van der Waals surface area contributed by atoms with Crippen molar-refractivity contribution in [2.24, 2.45) is 5.92 Å². The summed E-state index contributed by atoms with van der Waals surface area (Å²) < 4.78 is 36.8. The zero-order valence-corrected chi connectivity index (χ0v) is 20.6. The Morgan fingerprint density at radius 2 is 1.81 bits per heavy atom. The summed E-state index contributed by atoms with van der Waals surface area (Å²) in [4.78, 5) is 62.9. The number of nitrogens with one attached hydrogen (secondary N) is 2. The van der Waals surface area contributed by atoms with E-state index >= 15 is 0 Å². The smallest absolute Gasteiger partial charge is 0.328 e. The molecule has 1 aliphatic rings. The van der Waals surface area contributed by atoms with E-state index in [1.165, 1.54) is 17.0 Å². The number of rotatable bonds is 11. The molecule has 1 aliphatic heterocycles. The molecule has 0 saturated carbocycles. The summed E-state index contributed by atoms with van der Waals surface area (Å²) in [5, 5.41) is 5.00. The van der Waals surface area contributed by atoms with Crippen LogP contribution in [0.5, 0.6) is 0 Å². The quantitative estimate of drug-likeness (QED) is 0.427. The van der Waals surface area contributed by atoms with Crippen molar-refractivity contribution in [2.75, 3.05) is 14.2 Å². The van der Waals surface area contributed by atoms with E-state index in [1.54, 1.807) is 13.8 Å². The third-order valence-electron chi connectivity index (χ3n) is 5.91. The maximum Gasteiger partial charge on any atom is 0.328 e. The Labute approximate surface area is 207 Å². The molecule has 36 heavy (non-hydrogen) atoms. The molecule has 1 fully saturated rings. The van der Waals surface area contributed by atoms with Gasteiger partial charge in [0.05, 0.1) is 20.6 Å². The molecular weight excluding hydrogens is 480 g/mol. The second-order valence-corrected chi connectivity index (χ2v) is 8.78. The van der Waals surface area contributed by atoms with Gasteiger partial charge in [0.2, 0.25) is 17.7 Å². The average Bonchev–Trinajstić information content (AvgIpc) is 3.17. The van der Waals surface area contributed by atoms with Crippen molar-refractivity contribution in [1.82, 2.24) is 15.5 Å². The van der Waals surface area contributed by atoms with Gasteiger partial charge in [-0.15, -0.1) is 0 Å². The number of hydrogen-bond acceptors (Lipinski definition) is 7. The van der Waals surface area contributed by atoms with Gasteiger partial charge in [0.15, 0.2) is 11.6 Å². The lowest BCUT2D eigenvalue weighted by Gasteiger charge is -2.27. The van der Waals surface area contributed by atoms with E-state index in [4.69, 9.17) is 0 Å². The number of carbonyl (C=O) groups excluding carboxylic acids is 5. The van der Waals surface area contributed by atoms with E-state index in [-0.39, 0.29) is 30.9 Å². The molecular formula is C24H31F2N3O7. The number of hydrogen-bond donors (Lipinski definition) is 2. The Bertz CT molecular complexity index is 1000. The Morgan fingerprint density at radius 1 is 1.11 bits per heavy atom. The third-order valence-corrected chi connectivity index (χ3v) is 5.91. The lowest BCUT2D eigenvalue weighted by Crippen LogP contribution is -2.54. The van der Waals surface area contributed by atoms with Gasteiger partial charge < -0.3 is 25.0 Å². The zero-order chi connectivity index (χ0) is 27.0. The molecule has 1 heterocycles. The molecule has 3 amide bonds. The average molecular weight is 512 g/mol. The van der Waals surface area contributed by atoms with Crippen LogP contribution in [0.1, 0.15) is 45.1 Å². The predicted octanol–water partition coefficient (Wildman–Crippen LogP) is 1.21. The summed E-state index contributed by atoms with van der Waals surface area (Å²) in [5.41, 5.74) is -0.00505. The summed E-state index contributed by atoms with van der Waals surface area (Å²) in [6.07, 6.45) is -0.131. The molecule has 1 aromatic rings. The van der Waals surface area contributed by atoms with Gasteiger partial charge >= 0.3 is 11.9 Å². The number of amides is 3. The van der Waals surface area contributed by atoms with Crippen LogP contribution in [0.4, 0.5) is 8.78 Å². The minimum Gasteiger partial charge on any atom is -0.469 e. The molecule has 1 saturated heterocycles. The number of carbonyl (C=O) groups is 5. The van der Waals surface area contributed by atoms with Gasteiger partial charge in [-0.3, -0.25) is 19.2 Å². The van der Waals surface area contributed by atoms with Crippen molar-refractivity contribution >= 4 is 29.7 Å². The van der Waals surface area contributed by atoms with Crippen LogP contribution in [0, 0.1) is 17.6 Å². The summed E-state index contributed by atoms with van der Waals surface area (Å²) in [5.74, 6) is -5.62. The first-order valence-electron chi connectivity index (χ1n) is 11.4. The molecule has 1 aromatic carbocycles. The van der Waals surface area contributed by atoms with Gasteiger partial charge in [0.1, 0.15) is 12.1 Å². The molecule has 12 heteroatoms. The second-order valence-electron chi connectivity index (χ2n) is 8.78. The molecule has 0 spiro atoms. The molecule has 10 nitrogen and oxygen atoms in total. The van der Waals surface area contributed by atoms with E-state index < -0.39 is 65.9 Å². The Balaban J connectivity index is 2.07. The van der Waals surface area contributed by atoms with Gasteiger partial charge in [0, 0.05) is 31.0 Å². The topological polar surface area (TPSA) is 131 Å². The maximum atomic E-state index is 14.1. The third kappa shape index (κ3) is 7.46. The first kappa shape index (κ1) is 28.7. The van der Waals surface area contributed by atoms with Crippen LogP contribution in [0.3, 0.4) is 0 Å². The van der Waals surface area contributed by atoms with Crippen LogP contribution >= 0.6 is 0 Å². The normalized spacial score (nSPS) is 16.9. The van der Waals surface area contributed by atoms with Crippen LogP contribution in [-0.4, -0.2) is 66.9 Å². The van der Waals surface area contributed by atoms with Crippen molar-refractivity contribution in [3.8, 4) is 0 Å². The standard InChI is InChI=1S/C24H31F2N3O7/c1-13(2)22(23(33)27-17(24(34)36-4)11-20(32)35-3)28-18(30)10-15-8-9-19(31)29(15)12-14-6-5-7-16(25)21(14)26/h5-7,13,15,17,22H,8-12H2,1-4H3,(H,27,33)(H,28,30)/t15-,17-,22-/m0/s1. The Kier molecular flexibility index (Phi) is 10.3. The summed E-state index contributed by atoms with van der Waals surface area (Å²) >= 11 is 0. The number of ether oxygens (including phenoxy) is 2. The molecule has 0 bridgehead atoms. The van der Waals surface area contributed by atoms with Crippen molar-refractivity contribution in [2.45, 2.75) is 64.2 Å². The number of methoxy groups -OCH3 is 2. The SMILES string of the molecule is COC(=O)C[C@H](NC(=O)[C@@H](NC(=O)C[C@@H]1CCC(=O)N1Cc1cccc(F)c1F)C(C)C)C(=O)OC. The van der Waals surface area contributed by atoms with Crippen molar-refractivity contribution in [1.29, 1.82) is 0 Å². The van der Waals surface area contributed by atoms with Gasteiger partial charge in [-0.05, 0) is 18.4 Å². The number of likely N-dealkylation sites (tertiary alicyclic amines) is 1. The summed E-state index contributed by atoms with van der Waals surface area (Å²) in [7, 11) is 2.24. The maximum absolute atomic E-state index is 14.1. The van der Waals surface area contributed by atoms with Gasteiger partial charge in [0.25, 0.3) is 0 Å². The zero-order valence-electron chi connectivity index (χ0n) is 20.6. The van der Waals surface area contributed by atoms with E-state index in [2.05, 4.69) is 20.1 Å². The Morgan fingerprint density at radius 3 is 2.42 bits per heavy atom. The lowest BCUT2D eigenvalue weighted by atomic mass is 10.0. The lowest BCUT2D eigenvalue weighted by molar-refractivity contribution is -0.151. The first-order chi connectivity index (χ1) is 17.0. The molecule has 2 rings (SSSR count). The number of esters is 2. The van der Waals surface area contributed by atoms with Crippen LogP contribution < -0.4 is 10.6 Å². The Hall–Kier alpha value is -3.57. The fourth-order valence-corrected chi connectivity index (χ4v) is 3.91.